The van der Waals surface area contributed by atoms with E-state index in [9.17, 15) is 24.3 Å². The van der Waals surface area contributed by atoms with Crippen LogP contribution in [0.1, 0.15) is 26.3 Å². The number of carbonyl (C=O) groups excluding carboxylic acids is 3. The molecule has 4 atom stereocenters. The Morgan fingerprint density at radius 3 is 2.03 bits per heavy atom. The zero-order chi connectivity index (χ0) is 23.7. The van der Waals surface area contributed by atoms with Gasteiger partial charge in [-0.2, -0.15) is 12.6 Å². The predicted octanol–water partition coefficient (Wildman–Crippen LogP) is -0.593. The molecule has 31 heavy (non-hydrogen) atoms. The second-order valence-electron chi connectivity index (χ2n) is 7.52. The third-order valence-corrected chi connectivity index (χ3v) is 4.89. The lowest BCUT2D eigenvalue weighted by Gasteiger charge is -2.25. The minimum atomic E-state index is -1.24. The van der Waals surface area contributed by atoms with Crippen LogP contribution in [-0.2, 0) is 25.6 Å². The Bertz CT molecular complexity index is 786. The van der Waals surface area contributed by atoms with E-state index in [-0.39, 0.29) is 23.8 Å². The Morgan fingerprint density at radius 2 is 1.55 bits per heavy atom. The van der Waals surface area contributed by atoms with Gasteiger partial charge in [0, 0.05) is 5.75 Å². The summed E-state index contributed by atoms with van der Waals surface area (Å²) in [5, 5.41) is 25.7. The second-order valence-corrected chi connectivity index (χ2v) is 7.88. The first-order chi connectivity index (χ1) is 14.5. The molecule has 0 heterocycles. The Balaban J connectivity index is 2.68. The highest BCUT2D eigenvalue weighted by Gasteiger charge is 2.30. The Labute approximate surface area is 186 Å². The molecule has 0 radical (unpaired) electrons. The fraction of sp³-hybridized carbons (Fsp3) is 0.500. The van der Waals surface area contributed by atoms with Gasteiger partial charge in [-0.3, -0.25) is 14.4 Å². The average molecular weight is 455 g/mol. The van der Waals surface area contributed by atoms with Crippen LogP contribution in [0.3, 0.4) is 0 Å². The molecule has 1 aromatic rings. The van der Waals surface area contributed by atoms with Gasteiger partial charge in [-0.25, -0.2) is 4.79 Å². The van der Waals surface area contributed by atoms with E-state index in [0.717, 1.165) is 5.56 Å². The van der Waals surface area contributed by atoms with E-state index in [4.69, 9.17) is 10.8 Å². The van der Waals surface area contributed by atoms with Crippen molar-refractivity contribution in [2.45, 2.75) is 51.4 Å². The number of aliphatic carboxylic acids is 1. The number of nitrogens with two attached hydrogens (primary N) is 1. The monoisotopic (exact) mass is 454 g/mol. The molecule has 0 saturated carbocycles. The Hall–Kier alpha value is -2.79. The van der Waals surface area contributed by atoms with Gasteiger partial charge in [0.15, 0.2) is 0 Å². The molecule has 0 aliphatic carbocycles. The summed E-state index contributed by atoms with van der Waals surface area (Å²) in [7, 11) is 0. The molecular weight excluding hydrogens is 424 g/mol. The maximum Gasteiger partial charge on any atom is 0.327 e. The summed E-state index contributed by atoms with van der Waals surface area (Å²) < 4.78 is 0. The maximum absolute atomic E-state index is 12.5. The van der Waals surface area contributed by atoms with Crippen LogP contribution >= 0.6 is 12.6 Å². The standard InChI is InChI=1S/C20H30N4O6S/c1-10(2)16(19(28)23-15(9-31)20(29)30)24-17(26)11(3)22-18(27)14(21)8-12-4-6-13(25)7-5-12/h4-7,10-11,14-16,25,31H,8-9,21H2,1-3H3,(H,22,27)(H,23,28)(H,24,26)(H,29,30). The van der Waals surface area contributed by atoms with Gasteiger partial charge < -0.3 is 31.9 Å². The first kappa shape index (κ1) is 26.2. The molecule has 0 aliphatic rings. The van der Waals surface area contributed by atoms with Crippen LogP contribution in [0.25, 0.3) is 0 Å². The summed E-state index contributed by atoms with van der Waals surface area (Å²) in [6.07, 6.45) is 0.206. The van der Waals surface area contributed by atoms with Crippen molar-refractivity contribution in [2.24, 2.45) is 11.7 Å². The maximum atomic E-state index is 12.5. The summed E-state index contributed by atoms with van der Waals surface area (Å²) in [4.78, 5) is 48.3. The lowest BCUT2D eigenvalue weighted by Crippen LogP contribution is -2.58. The van der Waals surface area contributed by atoms with Crippen LogP contribution in [-0.4, -0.2) is 63.8 Å². The SMILES string of the molecule is CC(NC(=O)C(N)Cc1ccc(O)cc1)C(=O)NC(C(=O)NC(CS)C(=O)O)C(C)C. The molecule has 1 aromatic carbocycles. The lowest BCUT2D eigenvalue weighted by atomic mass is 10.0. The van der Waals surface area contributed by atoms with Crippen LogP contribution in [0.4, 0.5) is 0 Å². The van der Waals surface area contributed by atoms with E-state index in [2.05, 4.69) is 28.6 Å². The Morgan fingerprint density at radius 1 is 0.968 bits per heavy atom. The number of benzene rings is 1. The van der Waals surface area contributed by atoms with Crippen molar-refractivity contribution < 1.29 is 29.4 Å². The molecule has 3 amide bonds. The number of hydrogen-bond donors (Lipinski definition) is 7. The van der Waals surface area contributed by atoms with E-state index in [1.54, 1.807) is 26.0 Å². The number of carboxylic acids is 1. The summed E-state index contributed by atoms with van der Waals surface area (Å²) in [5.41, 5.74) is 6.64. The van der Waals surface area contributed by atoms with Gasteiger partial charge in [-0.1, -0.05) is 26.0 Å². The number of thiol groups is 1. The van der Waals surface area contributed by atoms with E-state index < -0.39 is 47.9 Å². The molecule has 0 saturated heterocycles. The number of rotatable bonds is 11. The molecule has 0 aliphatic heterocycles. The highest BCUT2D eigenvalue weighted by atomic mass is 32.1. The van der Waals surface area contributed by atoms with Gasteiger partial charge in [-0.05, 0) is 37.0 Å². The van der Waals surface area contributed by atoms with Crippen molar-refractivity contribution in [2.75, 3.05) is 5.75 Å². The third-order valence-electron chi connectivity index (χ3n) is 4.52. The van der Waals surface area contributed by atoms with Gasteiger partial charge >= 0.3 is 5.97 Å². The lowest BCUT2D eigenvalue weighted by molar-refractivity contribution is -0.142. The van der Waals surface area contributed by atoms with Gasteiger partial charge in [0.05, 0.1) is 6.04 Å². The summed E-state index contributed by atoms with van der Waals surface area (Å²) in [5.74, 6) is -3.41. The Kier molecular flexibility index (Phi) is 10.3. The quantitative estimate of drug-likeness (QED) is 0.219. The molecule has 7 N–H and O–H groups in total. The van der Waals surface area contributed by atoms with Crippen molar-refractivity contribution in [1.82, 2.24) is 16.0 Å². The molecule has 0 fully saturated rings. The van der Waals surface area contributed by atoms with E-state index in [0.29, 0.717) is 0 Å². The average Bonchev–Trinajstić information content (AvgIpc) is 2.70. The summed E-state index contributed by atoms with van der Waals surface area (Å²) >= 11 is 3.89. The van der Waals surface area contributed by atoms with E-state index >= 15 is 0 Å². The first-order valence-electron chi connectivity index (χ1n) is 9.74. The van der Waals surface area contributed by atoms with Gasteiger partial charge in [0.25, 0.3) is 0 Å². The van der Waals surface area contributed by atoms with Crippen LogP contribution in [0, 0.1) is 5.92 Å². The summed E-state index contributed by atoms with van der Waals surface area (Å²) in [6.45, 7) is 4.83. The summed E-state index contributed by atoms with van der Waals surface area (Å²) in [6, 6.07) is 2.15. The number of amides is 3. The molecule has 1 rings (SSSR count). The predicted molar refractivity (Wildman–Crippen MR) is 118 cm³/mol. The molecule has 4 unspecified atom stereocenters. The van der Waals surface area contributed by atoms with E-state index in [1.807, 2.05) is 0 Å². The molecule has 10 nitrogen and oxygen atoms in total. The van der Waals surface area contributed by atoms with Crippen molar-refractivity contribution >= 4 is 36.3 Å². The van der Waals surface area contributed by atoms with Crippen LogP contribution in [0.5, 0.6) is 5.75 Å². The molecule has 11 heteroatoms. The largest absolute Gasteiger partial charge is 0.508 e. The highest BCUT2D eigenvalue weighted by Crippen LogP contribution is 2.11. The number of phenolic OH excluding ortho intramolecular Hbond substituents is 1. The van der Waals surface area contributed by atoms with Gasteiger partial charge in [0.2, 0.25) is 17.7 Å². The van der Waals surface area contributed by atoms with Crippen molar-refractivity contribution in [3.8, 4) is 5.75 Å². The van der Waals surface area contributed by atoms with Crippen molar-refractivity contribution in [3.63, 3.8) is 0 Å². The zero-order valence-electron chi connectivity index (χ0n) is 17.7. The van der Waals surface area contributed by atoms with Crippen molar-refractivity contribution in [1.29, 1.82) is 0 Å². The molecule has 0 bridgehead atoms. The number of carboxylic acid groups (broad SMARTS) is 1. The number of nitrogens with one attached hydrogen (secondary N) is 3. The fourth-order valence-corrected chi connectivity index (χ4v) is 2.87. The third kappa shape index (κ3) is 8.46. The molecule has 0 aromatic heterocycles. The molecule has 0 spiro atoms. The minimum Gasteiger partial charge on any atom is -0.508 e. The molecular formula is C20H30N4O6S. The number of carbonyl (C=O) groups is 4. The van der Waals surface area contributed by atoms with Crippen LogP contribution in [0.2, 0.25) is 0 Å². The second kappa shape index (κ2) is 12.2. The topological polar surface area (TPSA) is 171 Å². The zero-order valence-corrected chi connectivity index (χ0v) is 18.6. The van der Waals surface area contributed by atoms with Gasteiger partial charge in [-0.15, -0.1) is 0 Å². The first-order valence-corrected chi connectivity index (χ1v) is 10.4. The number of phenols is 1. The number of hydrogen-bond acceptors (Lipinski definition) is 7. The van der Waals surface area contributed by atoms with Crippen LogP contribution in [0.15, 0.2) is 24.3 Å². The normalized spacial score (nSPS) is 14.8. The van der Waals surface area contributed by atoms with Crippen molar-refractivity contribution in [3.05, 3.63) is 29.8 Å². The van der Waals surface area contributed by atoms with Crippen LogP contribution < -0.4 is 21.7 Å². The van der Waals surface area contributed by atoms with Gasteiger partial charge in [0.1, 0.15) is 23.9 Å². The fourth-order valence-electron chi connectivity index (χ4n) is 2.62. The number of aromatic hydroxyl groups is 1. The highest BCUT2D eigenvalue weighted by molar-refractivity contribution is 7.80. The minimum absolute atomic E-state index is 0.0971. The van der Waals surface area contributed by atoms with E-state index in [1.165, 1.54) is 19.1 Å². The molecule has 172 valence electrons. The smallest absolute Gasteiger partial charge is 0.327 e.